The van der Waals surface area contributed by atoms with Gasteiger partial charge in [-0.25, -0.2) is 0 Å². The van der Waals surface area contributed by atoms with Crippen LogP contribution in [-0.2, 0) is 6.18 Å². The van der Waals surface area contributed by atoms with E-state index in [9.17, 15) is 26.3 Å². The molecule has 0 radical (unpaired) electrons. The van der Waals surface area contributed by atoms with Crippen LogP contribution >= 0.6 is 0 Å². The van der Waals surface area contributed by atoms with Crippen LogP contribution in [0.25, 0.3) is 111 Å². The molecule has 7 nitrogen and oxygen atoms in total. The summed E-state index contributed by atoms with van der Waals surface area (Å²) in [5.41, 5.74) is 11.9. The lowest BCUT2D eigenvalue weighted by Gasteiger charge is -2.22. The van der Waals surface area contributed by atoms with Gasteiger partial charge in [-0.15, -0.1) is 0 Å². The van der Waals surface area contributed by atoms with Crippen molar-refractivity contribution in [1.29, 1.82) is 26.3 Å². The average molecular weight is 996 g/mol. The zero-order valence-corrected chi connectivity index (χ0v) is 40.8. The second-order valence-electron chi connectivity index (χ2n) is 19.0. The molecule has 360 valence electrons. The molecule has 0 N–H and O–H groups in total. The third-order valence-electron chi connectivity index (χ3n) is 14.2. The molecule has 0 aliphatic carbocycles. The lowest BCUT2D eigenvalue weighted by atomic mass is 9.94. The molecule has 0 atom stereocenters. The fraction of sp³-hybridized carbons (Fsp3) is 0.0299. The lowest BCUT2D eigenvalue weighted by Crippen LogP contribution is -2.08. The number of rotatable bonds is 7. The lowest BCUT2D eigenvalue weighted by molar-refractivity contribution is -0.137. The Kier molecular flexibility index (Phi) is 11.3. The third kappa shape index (κ3) is 8.25. The number of aromatic nitrogens is 2. The van der Waals surface area contributed by atoms with Gasteiger partial charge in [0, 0.05) is 27.1 Å². The van der Waals surface area contributed by atoms with Crippen LogP contribution in [0.1, 0.15) is 38.9 Å². The average Bonchev–Trinajstić information content (AvgIpc) is 4.05. The first-order valence-electron chi connectivity index (χ1n) is 24.4. The molecule has 12 rings (SSSR count). The van der Waals surface area contributed by atoms with Crippen LogP contribution < -0.4 is 0 Å². The summed E-state index contributed by atoms with van der Waals surface area (Å²) >= 11 is 0. The number of hydrogen-bond acceptors (Lipinski definition) is 5. The van der Waals surface area contributed by atoms with Crippen molar-refractivity contribution in [2.45, 2.75) is 13.1 Å². The van der Waals surface area contributed by atoms with Crippen molar-refractivity contribution >= 4 is 43.6 Å². The molecular formula is C67H36F3N7. The number of alkyl halides is 3. The maximum absolute atomic E-state index is 15.3. The SMILES string of the molecule is Cc1cc(-c2c(-n3c4cc(-c5cccc(C#N)c5)ccc4c4ccc(-c5cccc(C#N)c5)cc43)cc(C#N)cc2-n2c3cc(-c4cccc(C#N)c4)ccc3c3ccc(-c4cccc(C#N)c4)cc32)cc(C(F)(F)F)c1. The fourth-order valence-electron chi connectivity index (χ4n) is 10.8. The molecular weight excluding hydrogens is 960 g/mol. The van der Waals surface area contributed by atoms with E-state index < -0.39 is 11.7 Å². The third-order valence-corrected chi connectivity index (χ3v) is 14.2. The number of nitrogens with zero attached hydrogens (tertiary/aromatic N) is 7. The van der Waals surface area contributed by atoms with E-state index in [1.54, 1.807) is 73.7 Å². The van der Waals surface area contributed by atoms with E-state index in [1.165, 1.54) is 6.07 Å². The highest BCUT2D eigenvalue weighted by molar-refractivity contribution is 6.14. The predicted octanol–water partition coefficient (Wildman–Crippen LogP) is 16.9. The number of benzene rings is 10. The fourth-order valence-corrected chi connectivity index (χ4v) is 10.8. The van der Waals surface area contributed by atoms with Gasteiger partial charge < -0.3 is 9.13 Å². The maximum atomic E-state index is 15.3. The largest absolute Gasteiger partial charge is 0.416 e. The van der Waals surface area contributed by atoms with Gasteiger partial charge >= 0.3 is 6.18 Å². The number of aryl methyl sites for hydroxylation is 1. The zero-order valence-electron chi connectivity index (χ0n) is 40.8. The second-order valence-corrected chi connectivity index (χ2v) is 19.0. The van der Waals surface area contributed by atoms with Crippen LogP contribution in [-0.4, -0.2) is 9.13 Å². The summed E-state index contributed by atoms with van der Waals surface area (Å²) < 4.78 is 49.8. The molecule has 0 aliphatic heterocycles. The van der Waals surface area contributed by atoms with E-state index in [0.717, 1.165) is 72.1 Å². The van der Waals surface area contributed by atoms with Crippen molar-refractivity contribution in [2.75, 3.05) is 0 Å². The minimum atomic E-state index is -4.73. The summed E-state index contributed by atoms with van der Waals surface area (Å²) in [6.07, 6.45) is -4.73. The van der Waals surface area contributed by atoms with Crippen LogP contribution in [0.15, 0.2) is 200 Å². The number of hydrogen-bond donors (Lipinski definition) is 0. The molecule has 2 aromatic heterocycles. The Labute approximate surface area is 439 Å². The molecule has 0 saturated carbocycles. The summed E-state index contributed by atoms with van der Waals surface area (Å²) in [6.45, 7) is 1.63. The highest BCUT2D eigenvalue weighted by Crippen LogP contribution is 2.46. The summed E-state index contributed by atoms with van der Waals surface area (Å²) in [6, 6.07) is 71.8. The normalized spacial score (nSPS) is 11.3. The predicted molar refractivity (Wildman–Crippen MR) is 296 cm³/mol. The quantitative estimate of drug-likeness (QED) is 0.157. The molecule has 10 heteroatoms. The minimum absolute atomic E-state index is 0.221. The summed E-state index contributed by atoms with van der Waals surface area (Å²) in [5, 5.41) is 54.2. The van der Waals surface area contributed by atoms with E-state index >= 15 is 13.2 Å². The van der Waals surface area contributed by atoms with Crippen LogP contribution in [0.2, 0.25) is 0 Å². The Bertz CT molecular complexity index is 4220. The maximum Gasteiger partial charge on any atom is 0.416 e. The molecule has 0 spiro atoms. The number of nitriles is 5. The molecule has 12 aromatic rings. The molecule has 0 saturated heterocycles. The first-order chi connectivity index (χ1) is 37.4. The van der Waals surface area contributed by atoms with Crippen LogP contribution in [0.4, 0.5) is 13.2 Å². The van der Waals surface area contributed by atoms with E-state index in [1.807, 2.05) is 130 Å². The van der Waals surface area contributed by atoms with Gasteiger partial charge in [-0.05, 0) is 160 Å². The minimum Gasteiger partial charge on any atom is -0.308 e. The van der Waals surface area contributed by atoms with E-state index in [4.69, 9.17) is 0 Å². The molecule has 2 heterocycles. The van der Waals surface area contributed by atoms with E-state index in [-0.39, 0.29) is 11.1 Å². The van der Waals surface area contributed by atoms with Crippen molar-refractivity contribution < 1.29 is 13.2 Å². The van der Waals surface area contributed by atoms with Gasteiger partial charge in [0.1, 0.15) is 0 Å². The van der Waals surface area contributed by atoms with Crippen LogP contribution in [0.3, 0.4) is 0 Å². The Morgan fingerprint density at radius 3 is 0.935 bits per heavy atom. The molecule has 0 fully saturated rings. The molecule has 77 heavy (non-hydrogen) atoms. The van der Waals surface area contributed by atoms with Gasteiger partial charge in [0.15, 0.2) is 0 Å². The van der Waals surface area contributed by atoms with Gasteiger partial charge in [0.05, 0.1) is 97.2 Å². The molecule has 0 amide bonds. The standard InChI is InChI=1S/C67H36F3N7/c1-40-22-54(30-55(23-40)67(68,69)70)66-64(76-60-31-50(46-10-2-6-41(24-46)35-71)14-18-56(60)57-19-15-51(32-61(57)76)47-11-3-7-42(25-47)36-72)28-45(39-75)29-65(66)77-62-33-52(48-12-4-8-43(26-48)37-73)16-20-58(62)59-21-17-53(34-63(59)77)49-13-5-9-44(27-49)38-74/h2-34H,1H3. The van der Waals surface area contributed by atoms with Crippen molar-refractivity contribution in [3.05, 3.63) is 239 Å². The van der Waals surface area contributed by atoms with E-state index in [2.05, 4.69) is 30.3 Å². The Balaban J connectivity index is 1.27. The molecule has 0 aliphatic rings. The molecule has 10 aromatic carbocycles. The Morgan fingerprint density at radius 1 is 0.325 bits per heavy atom. The molecule has 0 unspecified atom stereocenters. The summed E-state index contributed by atoms with van der Waals surface area (Å²) in [5.74, 6) is 0. The highest BCUT2D eigenvalue weighted by atomic mass is 19.4. The Morgan fingerprint density at radius 2 is 0.636 bits per heavy atom. The summed E-state index contributed by atoms with van der Waals surface area (Å²) in [4.78, 5) is 0. The van der Waals surface area contributed by atoms with Crippen molar-refractivity contribution in [2.24, 2.45) is 0 Å². The first kappa shape index (κ1) is 47.1. The van der Waals surface area contributed by atoms with Gasteiger partial charge in [-0.2, -0.15) is 39.5 Å². The zero-order chi connectivity index (χ0) is 53.1. The first-order valence-corrected chi connectivity index (χ1v) is 24.4. The van der Waals surface area contributed by atoms with Crippen LogP contribution in [0, 0.1) is 63.6 Å². The highest BCUT2D eigenvalue weighted by Gasteiger charge is 2.32. The number of halogens is 3. The topological polar surface area (TPSA) is 129 Å². The van der Waals surface area contributed by atoms with Crippen molar-refractivity contribution in [3.63, 3.8) is 0 Å². The van der Waals surface area contributed by atoms with Crippen molar-refractivity contribution in [1.82, 2.24) is 9.13 Å². The van der Waals surface area contributed by atoms with Crippen LogP contribution in [0.5, 0.6) is 0 Å². The van der Waals surface area contributed by atoms with Crippen molar-refractivity contribution in [3.8, 4) is 97.4 Å². The smallest absolute Gasteiger partial charge is 0.308 e. The second kappa shape index (κ2) is 18.5. The molecule has 0 bridgehead atoms. The van der Waals surface area contributed by atoms with Gasteiger partial charge in [-0.1, -0.05) is 103 Å². The van der Waals surface area contributed by atoms with Gasteiger partial charge in [-0.3, -0.25) is 0 Å². The van der Waals surface area contributed by atoms with Gasteiger partial charge in [0.2, 0.25) is 0 Å². The summed E-state index contributed by atoms with van der Waals surface area (Å²) in [7, 11) is 0. The Hall–Kier alpha value is -11.0. The van der Waals surface area contributed by atoms with E-state index in [0.29, 0.717) is 66.8 Å². The monoisotopic (exact) mass is 995 g/mol. The van der Waals surface area contributed by atoms with Gasteiger partial charge in [0.25, 0.3) is 0 Å². The number of fused-ring (bicyclic) bond motifs is 6.